The fourth-order valence-corrected chi connectivity index (χ4v) is 3.05. The van der Waals surface area contributed by atoms with Crippen molar-refractivity contribution in [2.45, 2.75) is 33.2 Å². The van der Waals surface area contributed by atoms with E-state index in [0.717, 1.165) is 19.6 Å². The lowest BCUT2D eigenvalue weighted by Crippen LogP contribution is -2.51. The van der Waals surface area contributed by atoms with Gasteiger partial charge in [-0.1, -0.05) is 17.7 Å². The van der Waals surface area contributed by atoms with Crippen LogP contribution >= 0.6 is 0 Å². The van der Waals surface area contributed by atoms with E-state index < -0.39 is 5.97 Å². The molecule has 1 aliphatic rings. The zero-order valence-electron chi connectivity index (χ0n) is 11.9. The molecule has 2 N–H and O–H groups in total. The molecule has 0 bridgehead atoms. The number of rotatable bonds is 3. The summed E-state index contributed by atoms with van der Waals surface area (Å²) in [6.07, 6.45) is 0.181. The van der Waals surface area contributed by atoms with Gasteiger partial charge in [-0.3, -0.25) is 4.79 Å². The number of anilines is 1. The van der Waals surface area contributed by atoms with E-state index in [4.69, 9.17) is 5.11 Å². The Balaban J connectivity index is 2.20. The minimum atomic E-state index is -0.739. The first kappa shape index (κ1) is 13.9. The van der Waals surface area contributed by atoms with Crippen molar-refractivity contribution < 1.29 is 9.90 Å². The Morgan fingerprint density at radius 1 is 1.37 bits per heavy atom. The largest absolute Gasteiger partial charge is 0.481 e. The Morgan fingerprint density at radius 2 is 2.00 bits per heavy atom. The molecule has 2 rings (SSSR count). The highest BCUT2D eigenvalue weighted by molar-refractivity contribution is 5.68. The maximum Gasteiger partial charge on any atom is 0.304 e. The third-order valence-electron chi connectivity index (χ3n) is 3.63. The Hall–Kier alpha value is -1.55. The van der Waals surface area contributed by atoms with Crippen LogP contribution in [0.2, 0.25) is 0 Å². The van der Waals surface area contributed by atoms with E-state index >= 15 is 0 Å². The number of piperazine rings is 1. The zero-order valence-corrected chi connectivity index (χ0v) is 11.9. The second kappa shape index (κ2) is 5.61. The van der Waals surface area contributed by atoms with Crippen LogP contribution < -0.4 is 10.2 Å². The summed E-state index contributed by atoms with van der Waals surface area (Å²) >= 11 is 0. The number of carbonyl (C=O) groups is 1. The molecule has 0 saturated carbocycles. The second-order valence-electron chi connectivity index (χ2n) is 5.44. The molecule has 0 radical (unpaired) electrons. The van der Waals surface area contributed by atoms with E-state index in [1.807, 2.05) is 0 Å². The van der Waals surface area contributed by atoms with Crippen LogP contribution in [0.3, 0.4) is 0 Å². The van der Waals surface area contributed by atoms with Crippen LogP contribution in [0.5, 0.6) is 0 Å². The summed E-state index contributed by atoms with van der Waals surface area (Å²) in [5.41, 5.74) is 5.08. The van der Waals surface area contributed by atoms with Gasteiger partial charge in [0.1, 0.15) is 0 Å². The average molecular weight is 262 g/mol. The quantitative estimate of drug-likeness (QED) is 0.873. The topological polar surface area (TPSA) is 52.6 Å². The van der Waals surface area contributed by atoms with Gasteiger partial charge in [0.2, 0.25) is 0 Å². The Morgan fingerprint density at radius 3 is 2.58 bits per heavy atom. The van der Waals surface area contributed by atoms with Crippen molar-refractivity contribution in [2.75, 3.05) is 24.5 Å². The van der Waals surface area contributed by atoms with Crippen molar-refractivity contribution in [2.24, 2.45) is 0 Å². The van der Waals surface area contributed by atoms with Crippen LogP contribution in [0.25, 0.3) is 0 Å². The molecule has 0 aromatic heterocycles. The van der Waals surface area contributed by atoms with Crippen LogP contribution in [0, 0.1) is 20.8 Å². The van der Waals surface area contributed by atoms with Gasteiger partial charge in [0.25, 0.3) is 0 Å². The molecule has 4 nitrogen and oxygen atoms in total. The average Bonchev–Trinajstić information content (AvgIpc) is 2.26. The molecular weight excluding hydrogens is 240 g/mol. The highest BCUT2D eigenvalue weighted by atomic mass is 16.4. The number of aliphatic carboxylic acids is 1. The molecule has 1 aromatic carbocycles. The molecule has 1 fully saturated rings. The van der Waals surface area contributed by atoms with E-state index in [1.54, 1.807) is 0 Å². The van der Waals surface area contributed by atoms with Crippen LogP contribution in [-0.2, 0) is 4.79 Å². The van der Waals surface area contributed by atoms with Crippen molar-refractivity contribution in [3.8, 4) is 0 Å². The minimum absolute atomic E-state index is 0.0337. The molecule has 0 spiro atoms. The number of hydrogen-bond acceptors (Lipinski definition) is 3. The van der Waals surface area contributed by atoms with Gasteiger partial charge in [-0.2, -0.15) is 0 Å². The van der Waals surface area contributed by atoms with E-state index in [1.165, 1.54) is 22.4 Å². The molecule has 1 atom stereocenters. The fourth-order valence-electron chi connectivity index (χ4n) is 3.05. The van der Waals surface area contributed by atoms with Gasteiger partial charge in [-0.25, -0.2) is 0 Å². The number of carboxylic acids is 1. The minimum Gasteiger partial charge on any atom is -0.481 e. The van der Waals surface area contributed by atoms with Gasteiger partial charge in [0.05, 0.1) is 6.42 Å². The Bertz CT molecular complexity index is 462. The van der Waals surface area contributed by atoms with Gasteiger partial charge < -0.3 is 15.3 Å². The molecule has 0 amide bonds. The van der Waals surface area contributed by atoms with Gasteiger partial charge in [0.15, 0.2) is 0 Å². The molecule has 1 saturated heterocycles. The van der Waals surface area contributed by atoms with Crippen molar-refractivity contribution in [3.05, 3.63) is 28.8 Å². The molecule has 1 aromatic rings. The molecule has 0 aliphatic carbocycles. The summed E-state index contributed by atoms with van der Waals surface area (Å²) in [6.45, 7) is 8.89. The maximum atomic E-state index is 10.8. The number of carboxylic acid groups (broad SMARTS) is 1. The number of aryl methyl sites for hydroxylation is 3. The van der Waals surface area contributed by atoms with Crippen LogP contribution in [-0.4, -0.2) is 36.8 Å². The summed E-state index contributed by atoms with van der Waals surface area (Å²) in [7, 11) is 0. The van der Waals surface area contributed by atoms with Gasteiger partial charge >= 0.3 is 5.97 Å². The molecule has 104 valence electrons. The lowest BCUT2D eigenvalue weighted by atomic mass is 10.0. The molecule has 19 heavy (non-hydrogen) atoms. The van der Waals surface area contributed by atoms with Crippen molar-refractivity contribution >= 4 is 11.7 Å². The van der Waals surface area contributed by atoms with Gasteiger partial charge in [0, 0.05) is 31.4 Å². The number of nitrogens with one attached hydrogen (secondary N) is 1. The lowest BCUT2D eigenvalue weighted by Gasteiger charge is -2.36. The molecular formula is C15H22N2O2. The first-order valence-electron chi connectivity index (χ1n) is 6.75. The van der Waals surface area contributed by atoms with Crippen LogP contribution in [0.1, 0.15) is 23.1 Å². The molecule has 1 aliphatic heterocycles. The van der Waals surface area contributed by atoms with E-state index in [0.29, 0.717) is 0 Å². The summed E-state index contributed by atoms with van der Waals surface area (Å²) in [4.78, 5) is 13.1. The monoisotopic (exact) mass is 262 g/mol. The SMILES string of the molecule is Cc1cc(C)c(N2CCNC(CC(=O)O)C2)c(C)c1. The Kier molecular flexibility index (Phi) is 4.10. The highest BCUT2D eigenvalue weighted by Gasteiger charge is 2.23. The smallest absolute Gasteiger partial charge is 0.304 e. The number of nitrogens with zero attached hydrogens (tertiary/aromatic N) is 1. The number of hydrogen-bond donors (Lipinski definition) is 2. The zero-order chi connectivity index (χ0) is 14.0. The first-order chi connectivity index (χ1) is 8.97. The van der Waals surface area contributed by atoms with Crippen LogP contribution in [0.4, 0.5) is 5.69 Å². The summed E-state index contributed by atoms with van der Waals surface area (Å²) in [6, 6.07) is 4.42. The van der Waals surface area contributed by atoms with Crippen molar-refractivity contribution in [1.29, 1.82) is 0 Å². The maximum absolute atomic E-state index is 10.8. The van der Waals surface area contributed by atoms with E-state index in [2.05, 4.69) is 43.1 Å². The summed E-state index contributed by atoms with van der Waals surface area (Å²) in [5.74, 6) is -0.739. The third kappa shape index (κ3) is 3.26. The van der Waals surface area contributed by atoms with Crippen molar-refractivity contribution in [3.63, 3.8) is 0 Å². The highest BCUT2D eigenvalue weighted by Crippen LogP contribution is 2.27. The van der Waals surface area contributed by atoms with Crippen molar-refractivity contribution in [1.82, 2.24) is 5.32 Å². The Labute approximate surface area is 114 Å². The van der Waals surface area contributed by atoms with Crippen LogP contribution in [0.15, 0.2) is 12.1 Å². The standard InChI is InChI=1S/C15H22N2O2/c1-10-6-11(2)15(12(3)7-10)17-5-4-16-13(9-17)8-14(18)19/h6-7,13,16H,4-5,8-9H2,1-3H3,(H,18,19). The van der Waals surface area contributed by atoms with E-state index in [9.17, 15) is 4.79 Å². The van der Waals surface area contributed by atoms with E-state index in [-0.39, 0.29) is 12.5 Å². The summed E-state index contributed by atoms with van der Waals surface area (Å²) in [5, 5.41) is 12.2. The van der Waals surface area contributed by atoms with Gasteiger partial charge in [-0.15, -0.1) is 0 Å². The third-order valence-corrected chi connectivity index (χ3v) is 3.63. The lowest BCUT2D eigenvalue weighted by molar-refractivity contribution is -0.137. The predicted molar refractivity (Wildman–Crippen MR) is 76.9 cm³/mol. The second-order valence-corrected chi connectivity index (χ2v) is 5.44. The fraction of sp³-hybridized carbons (Fsp3) is 0.533. The summed E-state index contributed by atoms with van der Waals surface area (Å²) < 4.78 is 0. The normalized spacial score (nSPS) is 19.5. The molecule has 1 heterocycles. The van der Waals surface area contributed by atoms with Gasteiger partial charge in [-0.05, 0) is 31.9 Å². The predicted octanol–water partition coefficient (Wildman–Crippen LogP) is 1.86. The molecule has 4 heteroatoms. The number of benzene rings is 1. The molecule has 1 unspecified atom stereocenters. The first-order valence-corrected chi connectivity index (χ1v) is 6.75.